The van der Waals surface area contributed by atoms with E-state index in [9.17, 15) is 112 Å². The number of nitrogens with zero attached hydrogens (tertiary/aromatic N) is 2. The smallest absolute Gasteiger partial charge is 0.251 e. The Labute approximate surface area is 841 Å². The van der Waals surface area contributed by atoms with Crippen LogP contribution in [0.2, 0.25) is 0 Å². The molecular weight excluding hydrogens is 1990 g/mol. The Balaban J connectivity index is 0.897. The van der Waals surface area contributed by atoms with E-state index in [4.69, 9.17) is 17.2 Å². The topological polar surface area (TPSA) is 741 Å². The lowest BCUT2D eigenvalue weighted by molar-refractivity contribution is -0.144. The first kappa shape index (κ1) is 114. The average Bonchev–Trinajstić information content (AvgIpc) is 1.45. The lowest BCUT2D eigenvalue weighted by Gasteiger charge is -2.32. The summed E-state index contributed by atoms with van der Waals surface area (Å²) in [5.41, 5.74) is 19.8. The molecule has 3 heterocycles. The zero-order chi connectivity index (χ0) is 106. The number of unbranched alkanes of at least 4 members (excludes halogenated alkanes) is 1. The van der Waals surface area contributed by atoms with Crippen LogP contribution >= 0.6 is 22.6 Å². The summed E-state index contributed by atoms with van der Waals surface area (Å²) >= 11 is 2.12. The average molecular weight is 2110 g/mol. The van der Waals surface area contributed by atoms with Gasteiger partial charge in [-0.15, -0.1) is 0 Å². The molecule has 0 bridgehead atoms. The second kappa shape index (κ2) is 56.1. The molecule has 2 aromatic heterocycles. The number of phenols is 3. The quantitative estimate of drug-likeness (QED) is 0.0129. The van der Waals surface area contributed by atoms with Gasteiger partial charge in [-0.05, 0) is 169 Å². The lowest BCUT2D eigenvalue weighted by atomic mass is 9.96. The number of aromatic nitrogens is 3. The lowest BCUT2D eigenvalue weighted by Crippen LogP contribution is -2.62. The number of fused-ring (bicyclic) bond motifs is 1. The molecule has 0 spiro atoms. The molecule has 774 valence electrons. The molecule has 0 unspecified atom stereocenters. The number of aromatic hydroxyl groups is 3. The summed E-state index contributed by atoms with van der Waals surface area (Å²) in [6.45, 7) is 5.72. The van der Waals surface area contributed by atoms with Crippen molar-refractivity contribution >= 4 is 152 Å². The molecule has 8 rings (SSSR count). The number of imidazole rings is 1. The number of carbonyl (C=O) groups is 20. The van der Waals surface area contributed by atoms with E-state index in [-0.39, 0.29) is 87.6 Å². The predicted octanol–water partition coefficient (Wildman–Crippen LogP) is -3.76. The van der Waals surface area contributed by atoms with Crippen LogP contribution in [-0.2, 0) is 123 Å². The monoisotopic (exact) mass is 2110 g/mol. The first-order valence-electron chi connectivity index (χ1n) is 46.5. The van der Waals surface area contributed by atoms with Crippen LogP contribution in [0, 0.1) is 15.4 Å². The molecule has 20 amide bonds. The predicted molar refractivity (Wildman–Crippen MR) is 526 cm³/mol. The van der Waals surface area contributed by atoms with Crippen molar-refractivity contribution in [3.05, 3.63) is 177 Å². The minimum Gasteiger partial charge on any atom is -0.508 e. The van der Waals surface area contributed by atoms with E-state index >= 15 is 4.79 Å². The van der Waals surface area contributed by atoms with Gasteiger partial charge >= 0.3 is 0 Å². The molecule has 48 heteroatoms. The maximum atomic E-state index is 15.2. The van der Waals surface area contributed by atoms with E-state index in [2.05, 4.69) is 123 Å². The number of hydrogen-bond acceptors (Lipinski definition) is 25. The summed E-state index contributed by atoms with van der Waals surface area (Å²) in [5.74, 6) is -20.5. The number of aliphatic hydroxyl groups excluding tert-OH is 1. The number of primary amides is 3. The van der Waals surface area contributed by atoms with Crippen LogP contribution in [0.4, 0.5) is 0 Å². The van der Waals surface area contributed by atoms with Crippen LogP contribution in [0.25, 0.3) is 10.9 Å². The molecule has 14 atom stereocenters. The standard InChI is InChI=1S/C96H124IN23O24/c1-7-51(4)82(94(142)107-46-78(129)104-45-77(128)105-47-79(130)110-66(84(100)132)15-10-11-35-102-85(133)57-23-25-59(97)26-24-57)118-95(143)81(50(2)3)117-92(140)73(42-76(99)127)116-87(135)67(33-34-75(98)126)112-93(141)74-16-12-36-120(74)96(144)83(52(5)121)119-91(139)70(39-56-21-31-63(125)32-22-56)111-80(131)48-106-86(134)68(37-54-17-27-61(123)28-18-54)113-89(137)71(40-58-43-103-65-14-9-8-13-64(58)65)114-90(138)72(41-60-44-101-49-108-60)115-88(136)69(109-53(6)122)38-55-19-29-62(124)30-20-55/h8-9,13-14,17-32,43-44,49-52,66-74,81-83,103,121,123-125H,7,10-12,15-16,33-42,45-48H2,1-6H3,(H2,98,126)(H2,99,127)(H2,100,132)(H,101,108)(H,102,133)(H,104,129)(H,105,128)(H,106,134)(H,107,142)(H,109,122)(H,110,130)(H,111,131)(H,112,141)(H,113,137)(H,114,138)(H,115,136)(H,116,135)(H,117,140)(H,118,143)(H,119,139)/t51-,52+,66-,67-,68-,69-,70-,71-,72-,73-,74-,81-,82-,83-/m0/s1. The number of nitrogens with two attached hydrogens (primary N) is 3. The number of rotatable bonds is 56. The van der Waals surface area contributed by atoms with Crippen molar-refractivity contribution in [3.8, 4) is 17.2 Å². The molecule has 1 aliphatic heterocycles. The van der Waals surface area contributed by atoms with Gasteiger partial charge in [0.2, 0.25) is 112 Å². The number of hydrogen-bond donors (Lipinski definition) is 25. The number of carbonyl (C=O) groups excluding carboxylic acids is 20. The van der Waals surface area contributed by atoms with Crippen molar-refractivity contribution in [1.82, 2.24) is 105 Å². The second-order valence-electron chi connectivity index (χ2n) is 35.1. The SMILES string of the molecule is CC[C@H](C)[C@H](NC(=O)[C@@H](NC(=O)[C@H](CC(N)=O)NC(=O)[C@H](CCC(N)=O)NC(=O)[C@@H]1CCCN1C(=O)[C@@H](NC(=O)[C@H](Cc1ccc(O)cc1)NC(=O)CNC(=O)[C@H](Cc1ccc(O)cc1)NC(=O)[C@H](Cc1c[nH]c2ccccc12)NC(=O)[C@H](Cc1cnc[nH]1)NC(=O)[C@H](Cc1ccc(O)cc1)NC(C)=O)[C@@H](C)O)C(C)C)C(=O)NCC(=O)NCC(=O)NCC(=O)N[C@@H](CCCCNC(=O)c1ccc(I)cc1)C(N)=O. The largest absolute Gasteiger partial charge is 0.508 e. The number of aliphatic hydroxyl groups is 1. The minimum atomic E-state index is -1.92. The van der Waals surface area contributed by atoms with Gasteiger partial charge in [-0.1, -0.05) is 88.7 Å². The number of para-hydroxylation sites is 1. The van der Waals surface area contributed by atoms with Gasteiger partial charge in [0, 0.05) is 96.7 Å². The molecule has 144 heavy (non-hydrogen) atoms. The summed E-state index contributed by atoms with van der Waals surface area (Å²) in [6.07, 6.45) is 0.419. The summed E-state index contributed by atoms with van der Waals surface area (Å²) in [4.78, 5) is 286. The van der Waals surface area contributed by atoms with Gasteiger partial charge in [-0.25, -0.2) is 4.98 Å². The van der Waals surface area contributed by atoms with E-state index in [1.165, 1.54) is 94.0 Å². The van der Waals surface area contributed by atoms with Gasteiger partial charge in [0.05, 0.1) is 45.0 Å². The van der Waals surface area contributed by atoms with E-state index < -0.39 is 255 Å². The number of H-pyrrole nitrogens is 2. The fraction of sp³-hybridized carbons (Fsp3) is 0.427. The van der Waals surface area contributed by atoms with E-state index in [0.29, 0.717) is 57.3 Å². The fourth-order valence-electron chi connectivity index (χ4n) is 15.4. The number of phenolic OH excluding ortho intramolecular Hbond substituents is 3. The maximum absolute atomic E-state index is 15.2. The van der Waals surface area contributed by atoms with Crippen molar-refractivity contribution < 1.29 is 116 Å². The van der Waals surface area contributed by atoms with Crippen molar-refractivity contribution in [3.63, 3.8) is 0 Å². The summed E-state index contributed by atoms with van der Waals surface area (Å²) in [5, 5.41) is 82.7. The van der Waals surface area contributed by atoms with Crippen LogP contribution in [0.15, 0.2) is 140 Å². The molecule has 0 aliphatic carbocycles. The van der Waals surface area contributed by atoms with Crippen molar-refractivity contribution in [1.29, 1.82) is 0 Å². The maximum Gasteiger partial charge on any atom is 0.251 e. The van der Waals surface area contributed by atoms with Crippen LogP contribution in [0.5, 0.6) is 17.2 Å². The Morgan fingerprint density at radius 1 is 0.465 bits per heavy atom. The molecule has 0 radical (unpaired) electrons. The Kier molecular flexibility index (Phi) is 44.3. The van der Waals surface area contributed by atoms with Crippen LogP contribution < -0.4 is 102 Å². The van der Waals surface area contributed by atoms with Gasteiger partial charge in [-0.2, -0.15) is 0 Å². The first-order chi connectivity index (χ1) is 68.4. The van der Waals surface area contributed by atoms with Gasteiger partial charge in [-0.3, -0.25) is 95.9 Å². The van der Waals surface area contributed by atoms with Crippen molar-refractivity contribution in [2.24, 2.45) is 29.0 Å². The van der Waals surface area contributed by atoms with Gasteiger partial charge in [0.15, 0.2) is 0 Å². The van der Waals surface area contributed by atoms with E-state index in [1.807, 2.05) is 0 Å². The van der Waals surface area contributed by atoms with Crippen LogP contribution in [-0.4, -0.2) is 276 Å². The van der Waals surface area contributed by atoms with E-state index in [0.717, 1.165) is 15.4 Å². The fourth-order valence-corrected chi connectivity index (χ4v) is 15.8. The summed E-state index contributed by atoms with van der Waals surface area (Å²) < 4.78 is 0.957. The third-order valence-corrected chi connectivity index (χ3v) is 24.2. The Morgan fingerprint density at radius 2 is 0.944 bits per heavy atom. The number of halogens is 1. The summed E-state index contributed by atoms with van der Waals surface area (Å²) in [6, 6.07) is 12.0. The van der Waals surface area contributed by atoms with Gasteiger partial charge < -0.3 is 138 Å². The molecule has 0 saturated carbocycles. The number of amides is 20. The zero-order valence-corrected chi connectivity index (χ0v) is 82.2. The zero-order valence-electron chi connectivity index (χ0n) is 80.0. The summed E-state index contributed by atoms with van der Waals surface area (Å²) in [7, 11) is 0. The highest BCUT2D eigenvalue weighted by molar-refractivity contribution is 14.1. The molecule has 1 aliphatic rings. The number of aromatic amines is 2. The van der Waals surface area contributed by atoms with Crippen LogP contribution in [0.3, 0.4) is 0 Å². The molecule has 5 aromatic carbocycles. The van der Waals surface area contributed by atoms with Gasteiger partial charge in [0.1, 0.15) is 89.8 Å². The molecule has 7 aromatic rings. The molecule has 28 N–H and O–H groups in total. The third kappa shape index (κ3) is 36.8. The molecule has 1 saturated heterocycles. The molecule has 1 fully saturated rings. The molecule has 47 nitrogen and oxygen atoms in total. The van der Waals surface area contributed by atoms with Crippen molar-refractivity contribution in [2.45, 2.75) is 210 Å². The first-order valence-corrected chi connectivity index (χ1v) is 47.6. The van der Waals surface area contributed by atoms with E-state index in [1.54, 1.807) is 80.7 Å². The highest BCUT2D eigenvalue weighted by atomic mass is 127. The minimum absolute atomic E-state index is 0.0556. The number of benzene rings is 5. The second-order valence-corrected chi connectivity index (χ2v) is 36.3. The third-order valence-electron chi connectivity index (χ3n) is 23.5. The highest BCUT2D eigenvalue weighted by Gasteiger charge is 2.43. The molecular formula is C96H124IN23O24. The Bertz CT molecular complexity index is 5690. The van der Waals surface area contributed by atoms with Crippen molar-refractivity contribution in [2.75, 3.05) is 39.3 Å². The normalized spacial score (nSPS) is 14.8. The highest BCUT2D eigenvalue weighted by Crippen LogP contribution is 2.25. The van der Waals surface area contributed by atoms with Crippen LogP contribution in [0.1, 0.15) is 138 Å². The Hall–Kier alpha value is -15.7. The van der Waals surface area contributed by atoms with Gasteiger partial charge in [0.25, 0.3) is 5.91 Å². The number of likely N-dealkylation sites (tertiary alicyclic amines) is 1. The Morgan fingerprint density at radius 3 is 1.47 bits per heavy atom. The number of nitrogens with one attached hydrogen (secondary N) is 18.